The van der Waals surface area contributed by atoms with E-state index in [2.05, 4.69) is 15.9 Å². The summed E-state index contributed by atoms with van der Waals surface area (Å²) in [7, 11) is 0. The van der Waals surface area contributed by atoms with Crippen LogP contribution < -0.4 is 0 Å². The average Bonchev–Trinajstić information content (AvgIpc) is 3.03. The molecular formula is C19H18BrNO3. The molecule has 0 bridgehead atoms. The van der Waals surface area contributed by atoms with Gasteiger partial charge in [-0.05, 0) is 30.2 Å². The molecule has 0 saturated carbocycles. The molecule has 4 nitrogen and oxygen atoms in total. The van der Waals surface area contributed by atoms with Crippen LogP contribution in [0, 0.1) is 12.8 Å². The summed E-state index contributed by atoms with van der Waals surface area (Å²) in [6, 6.07) is 15.1. The molecule has 1 heterocycles. The summed E-state index contributed by atoms with van der Waals surface area (Å²) in [5.41, 5.74) is 2.45. The zero-order valence-corrected chi connectivity index (χ0v) is 14.9. The smallest absolute Gasteiger partial charge is 0.308 e. The SMILES string of the molecule is Cc1c(Br)cccc1C(=O)N1C[C@H](C(=O)O)[C@H](c2ccccc2)C1. The highest BCUT2D eigenvalue weighted by molar-refractivity contribution is 9.10. The second-order valence-corrected chi connectivity index (χ2v) is 6.94. The van der Waals surface area contributed by atoms with Gasteiger partial charge in [-0.3, -0.25) is 9.59 Å². The molecule has 24 heavy (non-hydrogen) atoms. The third-order valence-corrected chi connectivity index (χ3v) is 5.51. The molecule has 0 aliphatic carbocycles. The maximum atomic E-state index is 12.9. The van der Waals surface area contributed by atoms with Gasteiger partial charge in [0.1, 0.15) is 0 Å². The lowest BCUT2D eigenvalue weighted by Crippen LogP contribution is -2.30. The normalized spacial score (nSPS) is 20.2. The molecular weight excluding hydrogens is 370 g/mol. The molecule has 2 aromatic rings. The Kier molecular flexibility index (Phi) is 4.71. The van der Waals surface area contributed by atoms with Crippen LogP contribution in [-0.4, -0.2) is 35.0 Å². The fourth-order valence-corrected chi connectivity index (χ4v) is 3.63. The summed E-state index contributed by atoms with van der Waals surface area (Å²) < 4.78 is 0.877. The van der Waals surface area contributed by atoms with Gasteiger partial charge in [0.15, 0.2) is 0 Å². The van der Waals surface area contributed by atoms with Gasteiger partial charge < -0.3 is 10.0 Å². The second-order valence-electron chi connectivity index (χ2n) is 6.08. The molecule has 0 unspecified atom stereocenters. The van der Waals surface area contributed by atoms with Crippen molar-refractivity contribution in [1.29, 1.82) is 0 Å². The molecule has 1 N–H and O–H groups in total. The van der Waals surface area contributed by atoms with Crippen molar-refractivity contribution in [2.75, 3.05) is 13.1 Å². The van der Waals surface area contributed by atoms with Gasteiger partial charge in [0.2, 0.25) is 0 Å². The van der Waals surface area contributed by atoms with E-state index >= 15 is 0 Å². The predicted molar refractivity (Wildman–Crippen MR) is 95.1 cm³/mol. The van der Waals surface area contributed by atoms with Crippen molar-refractivity contribution >= 4 is 27.8 Å². The standard InChI is InChI=1S/C19H18BrNO3/c1-12-14(8-5-9-17(12)20)18(22)21-10-15(16(11-21)19(23)24)13-6-3-2-4-7-13/h2-9,15-16H,10-11H2,1H3,(H,23,24)/t15-,16-/m0/s1. The lowest BCUT2D eigenvalue weighted by molar-refractivity contribution is -0.141. The number of carbonyl (C=O) groups is 2. The minimum absolute atomic E-state index is 0.113. The third kappa shape index (κ3) is 3.08. The van der Waals surface area contributed by atoms with E-state index in [4.69, 9.17) is 0 Å². The number of rotatable bonds is 3. The Hall–Kier alpha value is -2.14. The lowest BCUT2D eigenvalue weighted by Gasteiger charge is -2.18. The first-order valence-electron chi connectivity index (χ1n) is 7.81. The molecule has 0 spiro atoms. The van der Waals surface area contributed by atoms with Gasteiger partial charge in [0.25, 0.3) is 5.91 Å². The summed E-state index contributed by atoms with van der Waals surface area (Å²) in [6.45, 7) is 2.54. The van der Waals surface area contributed by atoms with E-state index in [0.717, 1.165) is 15.6 Å². The van der Waals surface area contributed by atoms with Gasteiger partial charge in [-0.1, -0.05) is 52.3 Å². The van der Waals surface area contributed by atoms with Gasteiger partial charge >= 0.3 is 5.97 Å². The summed E-state index contributed by atoms with van der Waals surface area (Å²) in [5, 5.41) is 9.57. The average molecular weight is 388 g/mol. The quantitative estimate of drug-likeness (QED) is 0.873. The summed E-state index contributed by atoms with van der Waals surface area (Å²) in [5.74, 6) is -1.73. The van der Waals surface area contributed by atoms with Crippen LogP contribution in [0.25, 0.3) is 0 Å². The van der Waals surface area contributed by atoms with Crippen molar-refractivity contribution in [2.45, 2.75) is 12.8 Å². The van der Waals surface area contributed by atoms with Gasteiger partial charge in [-0.25, -0.2) is 0 Å². The van der Waals surface area contributed by atoms with Crippen LogP contribution in [0.5, 0.6) is 0 Å². The number of hydrogen-bond acceptors (Lipinski definition) is 2. The van der Waals surface area contributed by atoms with E-state index in [-0.39, 0.29) is 18.4 Å². The zero-order valence-electron chi connectivity index (χ0n) is 13.3. The van der Waals surface area contributed by atoms with E-state index < -0.39 is 11.9 Å². The molecule has 3 rings (SSSR count). The molecule has 1 saturated heterocycles. The Labute approximate surface area is 149 Å². The zero-order chi connectivity index (χ0) is 17.3. The van der Waals surface area contributed by atoms with Gasteiger partial charge in [-0.2, -0.15) is 0 Å². The van der Waals surface area contributed by atoms with Crippen molar-refractivity contribution in [3.05, 3.63) is 69.7 Å². The number of likely N-dealkylation sites (tertiary alicyclic amines) is 1. The molecule has 0 radical (unpaired) electrons. The fraction of sp³-hybridized carbons (Fsp3) is 0.263. The number of aliphatic carboxylic acids is 1. The summed E-state index contributed by atoms with van der Waals surface area (Å²) in [6.07, 6.45) is 0. The number of carboxylic acid groups (broad SMARTS) is 1. The molecule has 5 heteroatoms. The highest BCUT2D eigenvalue weighted by Crippen LogP contribution is 2.34. The van der Waals surface area contributed by atoms with Crippen LogP contribution in [0.3, 0.4) is 0 Å². The monoisotopic (exact) mass is 387 g/mol. The fourth-order valence-electron chi connectivity index (χ4n) is 3.27. The van der Waals surface area contributed by atoms with Crippen molar-refractivity contribution in [3.63, 3.8) is 0 Å². The van der Waals surface area contributed by atoms with E-state index in [0.29, 0.717) is 12.1 Å². The number of carbonyl (C=O) groups excluding carboxylic acids is 1. The van der Waals surface area contributed by atoms with Crippen LogP contribution in [0.1, 0.15) is 27.4 Å². The number of benzene rings is 2. The Morgan fingerprint density at radius 2 is 1.79 bits per heavy atom. The number of amides is 1. The van der Waals surface area contributed by atoms with E-state index in [1.807, 2.05) is 49.4 Å². The molecule has 1 aliphatic heterocycles. The molecule has 1 aliphatic rings. The Morgan fingerprint density at radius 1 is 1.08 bits per heavy atom. The molecule has 1 amide bonds. The number of hydrogen-bond donors (Lipinski definition) is 1. The topological polar surface area (TPSA) is 57.6 Å². The Bertz CT molecular complexity index is 775. The van der Waals surface area contributed by atoms with Crippen molar-refractivity contribution < 1.29 is 14.7 Å². The van der Waals surface area contributed by atoms with E-state index in [1.165, 1.54) is 0 Å². The predicted octanol–water partition coefficient (Wildman–Crippen LogP) is 3.70. The maximum Gasteiger partial charge on any atom is 0.308 e. The number of halogens is 1. The summed E-state index contributed by atoms with van der Waals surface area (Å²) >= 11 is 3.44. The minimum Gasteiger partial charge on any atom is -0.481 e. The van der Waals surface area contributed by atoms with Gasteiger partial charge in [-0.15, -0.1) is 0 Å². The van der Waals surface area contributed by atoms with Crippen molar-refractivity contribution in [3.8, 4) is 0 Å². The molecule has 124 valence electrons. The number of nitrogens with zero attached hydrogens (tertiary/aromatic N) is 1. The van der Waals surface area contributed by atoms with Crippen LogP contribution in [0.2, 0.25) is 0 Å². The van der Waals surface area contributed by atoms with Crippen LogP contribution in [-0.2, 0) is 4.79 Å². The van der Waals surface area contributed by atoms with Gasteiger partial charge in [0.05, 0.1) is 5.92 Å². The maximum absolute atomic E-state index is 12.9. The first-order chi connectivity index (χ1) is 11.5. The second kappa shape index (κ2) is 6.77. The first-order valence-corrected chi connectivity index (χ1v) is 8.60. The first kappa shape index (κ1) is 16.7. The minimum atomic E-state index is -0.856. The molecule has 2 aromatic carbocycles. The molecule has 0 aromatic heterocycles. The van der Waals surface area contributed by atoms with Crippen LogP contribution in [0.15, 0.2) is 53.0 Å². The van der Waals surface area contributed by atoms with E-state index in [9.17, 15) is 14.7 Å². The van der Waals surface area contributed by atoms with Gasteiger partial charge in [0, 0.05) is 29.0 Å². The van der Waals surface area contributed by atoms with Crippen LogP contribution >= 0.6 is 15.9 Å². The van der Waals surface area contributed by atoms with Crippen molar-refractivity contribution in [2.24, 2.45) is 5.92 Å². The van der Waals surface area contributed by atoms with Crippen LogP contribution in [0.4, 0.5) is 0 Å². The Balaban J connectivity index is 1.89. The molecule has 1 fully saturated rings. The third-order valence-electron chi connectivity index (χ3n) is 4.65. The lowest BCUT2D eigenvalue weighted by atomic mass is 9.89. The molecule has 2 atom stereocenters. The summed E-state index contributed by atoms with van der Waals surface area (Å²) in [4.78, 5) is 26.2. The highest BCUT2D eigenvalue weighted by atomic mass is 79.9. The largest absolute Gasteiger partial charge is 0.481 e. The van der Waals surface area contributed by atoms with E-state index in [1.54, 1.807) is 11.0 Å². The number of carboxylic acids is 1. The van der Waals surface area contributed by atoms with Crippen molar-refractivity contribution in [1.82, 2.24) is 4.90 Å². The Morgan fingerprint density at radius 3 is 2.46 bits per heavy atom. The highest BCUT2D eigenvalue weighted by Gasteiger charge is 2.40.